The molecule has 0 radical (unpaired) electrons. The zero-order valence-electron chi connectivity index (χ0n) is 15.7. The molecule has 0 heterocycles. The van der Waals surface area contributed by atoms with E-state index in [1.165, 1.54) is 12.1 Å². The van der Waals surface area contributed by atoms with Gasteiger partial charge < -0.3 is 4.90 Å². The SMILES string of the molecule is CN(C)c1ccc(-c2ccc(C=Cc3ccc([N+](=O)[O-])c(C#N)c3)cc2)cc1. The third-order valence-corrected chi connectivity index (χ3v) is 4.43. The summed E-state index contributed by atoms with van der Waals surface area (Å²) in [6, 6.07) is 22.9. The summed E-state index contributed by atoms with van der Waals surface area (Å²) in [5.74, 6) is 0. The molecule has 0 amide bonds. The van der Waals surface area contributed by atoms with Crippen LogP contribution >= 0.6 is 0 Å². The minimum Gasteiger partial charge on any atom is -0.378 e. The number of hydrogen-bond donors (Lipinski definition) is 0. The second kappa shape index (κ2) is 8.19. The van der Waals surface area contributed by atoms with Crippen LogP contribution in [0.4, 0.5) is 11.4 Å². The monoisotopic (exact) mass is 369 g/mol. The molecular weight excluding hydrogens is 350 g/mol. The third kappa shape index (κ3) is 4.25. The van der Waals surface area contributed by atoms with Gasteiger partial charge in [-0.1, -0.05) is 48.6 Å². The molecule has 0 atom stereocenters. The average Bonchev–Trinajstić information content (AvgIpc) is 2.72. The van der Waals surface area contributed by atoms with Crippen molar-refractivity contribution in [2.75, 3.05) is 19.0 Å². The lowest BCUT2D eigenvalue weighted by Gasteiger charge is -2.12. The fourth-order valence-electron chi connectivity index (χ4n) is 2.84. The third-order valence-electron chi connectivity index (χ3n) is 4.43. The smallest absolute Gasteiger partial charge is 0.287 e. The van der Waals surface area contributed by atoms with Gasteiger partial charge in [0.15, 0.2) is 0 Å². The van der Waals surface area contributed by atoms with E-state index in [0.29, 0.717) is 0 Å². The van der Waals surface area contributed by atoms with Gasteiger partial charge in [0, 0.05) is 25.8 Å². The molecule has 0 aliphatic carbocycles. The summed E-state index contributed by atoms with van der Waals surface area (Å²) in [4.78, 5) is 12.4. The molecule has 0 aliphatic rings. The van der Waals surface area contributed by atoms with E-state index < -0.39 is 4.92 Å². The van der Waals surface area contributed by atoms with Crippen molar-refractivity contribution in [2.45, 2.75) is 0 Å². The van der Waals surface area contributed by atoms with Crippen LogP contribution < -0.4 is 4.90 Å². The fraction of sp³-hybridized carbons (Fsp3) is 0.0870. The van der Waals surface area contributed by atoms with Crippen LogP contribution in [0.1, 0.15) is 16.7 Å². The molecule has 0 unspecified atom stereocenters. The topological polar surface area (TPSA) is 70.2 Å². The Morgan fingerprint density at radius 1 is 0.893 bits per heavy atom. The molecule has 28 heavy (non-hydrogen) atoms. The molecule has 0 bridgehead atoms. The quantitative estimate of drug-likeness (QED) is 0.344. The van der Waals surface area contributed by atoms with Crippen molar-refractivity contribution in [3.05, 3.63) is 93.5 Å². The summed E-state index contributed by atoms with van der Waals surface area (Å²) in [6.07, 6.45) is 3.76. The lowest BCUT2D eigenvalue weighted by Crippen LogP contribution is -2.07. The van der Waals surface area contributed by atoms with E-state index in [-0.39, 0.29) is 11.3 Å². The summed E-state index contributed by atoms with van der Waals surface area (Å²) in [5.41, 5.74) is 5.06. The molecule has 3 aromatic rings. The first kappa shape index (κ1) is 18.9. The molecule has 0 N–H and O–H groups in total. The number of hydrogen-bond acceptors (Lipinski definition) is 4. The highest BCUT2D eigenvalue weighted by Crippen LogP contribution is 2.24. The number of benzene rings is 3. The van der Waals surface area contributed by atoms with Crippen molar-refractivity contribution in [3.8, 4) is 17.2 Å². The molecule has 138 valence electrons. The van der Waals surface area contributed by atoms with Gasteiger partial charge in [0.1, 0.15) is 11.6 Å². The van der Waals surface area contributed by atoms with Crippen LogP contribution in [-0.4, -0.2) is 19.0 Å². The molecule has 0 saturated heterocycles. The highest BCUT2D eigenvalue weighted by molar-refractivity contribution is 5.73. The lowest BCUT2D eigenvalue weighted by molar-refractivity contribution is -0.385. The zero-order valence-corrected chi connectivity index (χ0v) is 15.7. The molecule has 3 rings (SSSR count). The maximum absolute atomic E-state index is 10.9. The molecule has 0 aromatic heterocycles. The van der Waals surface area contributed by atoms with Crippen LogP contribution in [0.2, 0.25) is 0 Å². The van der Waals surface area contributed by atoms with Gasteiger partial charge in [-0.2, -0.15) is 5.26 Å². The van der Waals surface area contributed by atoms with E-state index in [0.717, 1.165) is 27.9 Å². The van der Waals surface area contributed by atoms with Crippen molar-refractivity contribution in [2.24, 2.45) is 0 Å². The number of nitro groups is 1. The fourth-order valence-corrected chi connectivity index (χ4v) is 2.84. The van der Waals surface area contributed by atoms with Gasteiger partial charge in [-0.3, -0.25) is 10.1 Å². The summed E-state index contributed by atoms with van der Waals surface area (Å²) in [7, 11) is 4.03. The maximum Gasteiger partial charge on any atom is 0.287 e. The zero-order chi connectivity index (χ0) is 20.1. The molecule has 0 saturated carbocycles. The molecule has 3 aromatic carbocycles. The predicted molar refractivity (Wildman–Crippen MR) is 113 cm³/mol. The maximum atomic E-state index is 10.9. The molecule has 5 heteroatoms. The second-order valence-electron chi connectivity index (χ2n) is 6.54. The standard InChI is InChI=1S/C23H19N3O2/c1-25(2)22-12-10-20(11-13-22)19-8-5-17(6-9-19)3-4-18-7-14-23(26(27)28)21(15-18)16-24/h3-15H,1-2H3. The minimum absolute atomic E-state index is 0.0590. The highest BCUT2D eigenvalue weighted by Gasteiger charge is 2.12. The summed E-state index contributed by atoms with van der Waals surface area (Å²) < 4.78 is 0. The highest BCUT2D eigenvalue weighted by atomic mass is 16.6. The van der Waals surface area contributed by atoms with Gasteiger partial charge in [0.25, 0.3) is 5.69 Å². The Kier molecular flexibility index (Phi) is 5.52. The van der Waals surface area contributed by atoms with Crippen LogP contribution in [0, 0.1) is 21.4 Å². The van der Waals surface area contributed by atoms with Gasteiger partial charge in [0.05, 0.1) is 4.92 Å². The number of nitriles is 1. The first-order chi connectivity index (χ1) is 13.5. The van der Waals surface area contributed by atoms with E-state index in [1.807, 2.05) is 44.4 Å². The summed E-state index contributed by atoms with van der Waals surface area (Å²) in [5, 5.41) is 20.0. The van der Waals surface area contributed by atoms with Crippen molar-refractivity contribution >= 4 is 23.5 Å². The second-order valence-corrected chi connectivity index (χ2v) is 6.54. The molecule has 0 fully saturated rings. The first-order valence-corrected chi connectivity index (χ1v) is 8.72. The van der Waals surface area contributed by atoms with Crippen LogP contribution in [0.15, 0.2) is 66.7 Å². The number of anilines is 1. The van der Waals surface area contributed by atoms with Crippen LogP contribution in [0.5, 0.6) is 0 Å². The van der Waals surface area contributed by atoms with Gasteiger partial charge in [-0.15, -0.1) is 0 Å². The van der Waals surface area contributed by atoms with Crippen molar-refractivity contribution < 1.29 is 4.92 Å². The number of nitrogens with zero attached hydrogens (tertiary/aromatic N) is 3. The largest absolute Gasteiger partial charge is 0.378 e. The van der Waals surface area contributed by atoms with E-state index >= 15 is 0 Å². The van der Waals surface area contributed by atoms with E-state index in [4.69, 9.17) is 5.26 Å². The summed E-state index contributed by atoms with van der Waals surface area (Å²) in [6.45, 7) is 0. The van der Waals surface area contributed by atoms with Gasteiger partial charge in [0.2, 0.25) is 0 Å². The number of nitro benzene ring substituents is 1. The van der Waals surface area contributed by atoms with Crippen LogP contribution in [0.25, 0.3) is 23.3 Å². The minimum atomic E-state index is -0.546. The Bertz CT molecular complexity index is 1060. The van der Waals surface area contributed by atoms with E-state index in [1.54, 1.807) is 6.07 Å². The molecule has 0 spiro atoms. The van der Waals surface area contributed by atoms with Crippen LogP contribution in [-0.2, 0) is 0 Å². The summed E-state index contributed by atoms with van der Waals surface area (Å²) >= 11 is 0. The first-order valence-electron chi connectivity index (χ1n) is 8.72. The van der Waals surface area contributed by atoms with Crippen molar-refractivity contribution in [1.82, 2.24) is 0 Å². The molecule has 5 nitrogen and oxygen atoms in total. The van der Waals surface area contributed by atoms with Crippen molar-refractivity contribution in [3.63, 3.8) is 0 Å². The Morgan fingerprint density at radius 3 is 1.96 bits per heavy atom. The normalized spacial score (nSPS) is 10.6. The van der Waals surface area contributed by atoms with E-state index in [2.05, 4.69) is 41.3 Å². The number of rotatable bonds is 5. The Morgan fingerprint density at radius 2 is 1.43 bits per heavy atom. The van der Waals surface area contributed by atoms with Gasteiger partial charge >= 0.3 is 0 Å². The molecule has 0 aliphatic heterocycles. The van der Waals surface area contributed by atoms with Crippen LogP contribution in [0.3, 0.4) is 0 Å². The van der Waals surface area contributed by atoms with E-state index in [9.17, 15) is 10.1 Å². The Hall–Kier alpha value is -3.91. The van der Waals surface area contributed by atoms with Crippen molar-refractivity contribution in [1.29, 1.82) is 5.26 Å². The van der Waals surface area contributed by atoms with Gasteiger partial charge in [-0.05, 0) is 46.5 Å². The Balaban J connectivity index is 1.77. The Labute approximate surface area is 163 Å². The predicted octanol–water partition coefficient (Wildman–Crippen LogP) is 5.37. The van der Waals surface area contributed by atoms with Gasteiger partial charge in [-0.25, -0.2) is 0 Å². The average molecular weight is 369 g/mol. The lowest BCUT2D eigenvalue weighted by atomic mass is 10.0. The molecular formula is C23H19N3O2.